The Hall–Kier alpha value is -1.51. The van der Waals surface area contributed by atoms with Gasteiger partial charge in [-0.25, -0.2) is 0 Å². The summed E-state index contributed by atoms with van der Waals surface area (Å²) in [5.74, 6) is 0.0673. The second-order valence-electron chi connectivity index (χ2n) is 5.95. The predicted molar refractivity (Wildman–Crippen MR) is 95.0 cm³/mol. The number of hydrogen-bond donors (Lipinski definition) is 1. The van der Waals surface area contributed by atoms with E-state index in [9.17, 15) is 4.79 Å². The molecule has 1 atom stereocenters. The van der Waals surface area contributed by atoms with Gasteiger partial charge in [0.1, 0.15) is 0 Å². The first-order valence-electron chi connectivity index (χ1n) is 7.94. The van der Waals surface area contributed by atoms with E-state index in [-0.39, 0.29) is 11.9 Å². The Morgan fingerprint density at radius 1 is 1.17 bits per heavy atom. The molecule has 0 fully saturated rings. The Labute approximate surface area is 146 Å². The predicted octanol–water partition coefficient (Wildman–Crippen LogP) is 5.12. The van der Waals surface area contributed by atoms with Gasteiger partial charge in [-0.15, -0.1) is 0 Å². The number of aryl methyl sites for hydroxylation is 2. The van der Waals surface area contributed by atoms with Crippen LogP contribution >= 0.6 is 23.2 Å². The van der Waals surface area contributed by atoms with E-state index in [1.807, 2.05) is 12.1 Å². The Morgan fingerprint density at radius 3 is 2.83 bits per heavy atom. The molecule has 2 nitrogen and oxygen atoms in total. The molecule has 0 saturated carbocycles. The molecule has 0 spiro atoms. The maximum absolute atomic E-state index is 12.3. The lowest BCUT2D eigenvalue weighted by molar-refractivity contribution is -0.121. The molecule has 2 aromatic carbocycles. The van der Waals surface area contributed by atoms with Gasteiger partial charge in [-0.3, -0.25) is 4.79 Å². The molecule has 1 amide bonds. The van der Waals surface area contributed by atoms with E-state index in [0.717, 1.165) is 24.8 Å². The molecule has 1 aliphatic rings. The average molecular weight is 348 g/mol. The van der Waals surface area contributed by atoms with Crippen molar-refractivity contribution in [1.82, 2.24) is 5.32 Å². The van der Waals surface area contributed by atoms with Gasteiger partial charge in [0.2, 0.25) is 5.91 Å². The average Bonchev–Trinajstić information content (AvgIpc) is 2.54. The fraction of sp³-hybridized carbons (Fsp3) is 0.316. The molecule has 2 aromatic rings. The van der Waals surface area contributed by atoms with Crippen LogP contribution in [-0.2, 0) is 17.6 Å². The number of carbonyl (C=O) groups excluding carboxylic acids is 1. The van der Waals surface area contributed by atoms with Crippen LogP contribution in [-0.4, -0.2) is 5.91 Å². The molecule has 1 unspecified atom stereocenters. The van der Waals surface area contributed by atoms with Gasteiger partial charge in [0.05, 0.1) is 6.04 Å². The summed E-state index contributed by atoms with van der Waals surface area (Å²) >= 11 is 12.0. The van der Waals surface area contributed by atoms with Gasteiger partial charge in [0.15, 0.2) is 0 Å². The summed E-state index contributed by atoms with van der Waals surface area (Å²) in [6.07, 6.45) is 4.27. The smallest absolute Gasteiger partial charge is 0.220 e. The quantitative estimate of drug-likeness (QED) is 0.816. The monoisotopic (exact) mass is 347 g/mol. The fourth-order valence-electron chi connectivity index (χ4n) is 3.14. The van der Waals surface area contributed by atoms with Crippen molar-refractivity contribution >= 4 is 29.1 Å². The number of amides is 1. The maximum atomic E-state index is 12.3. The summed E-state index contributed by atoms with van der Waals surface area (Å²) in [6.45, 7) is 0. The summed E-state index contributed by atoms with van der Waals surface area (Å²) in [4.78, 5) is 12.3. The maximum Gasteiger partial charge on any atom is 0.220 e. The minimum atomic E-state index is 0.0673. The molecule has 120 valence electrons. The summed E-state index contributed by atoms with van der Waals surface area (Å²) in [5, 5.41) is 4.40. The standard InChI is InChI=1S/C19H19Cl2NO/c20-15-10-8-14(17(21)12-15)9-11-19(23)22-18-7-3-5-13-4-1-2-6-16(13)18/h1-2,4,6,8,10,12,18H,3,5,7,9,11H2,(H,22,23). The molecule has 23 heavy (non-hydrogen) atoms. The largest absolute Gasteiger partial charge is 0.349 e. The van der Waals surface area contributed by atoms with Crippen LogP contribution in [0.4, 0.5) is 0 Å². The second kappa shape index (κ2) is 7.37. The minimum absolute atomic E-state index is 0.0673. The zero-order valence-electron chi connectivity index (χ0n) is 12.8. The number of benzene rings is 2. The number of fused-ring (bicyclic) bond motifs is 1. The highest BCUT2D eigenvalue weighted by atomic mass is 35.5. The van der Waals surface area contributed by atoms with Crippen LogP contribution in [0.25, 0.3) is 0 Å². The number of nitrogens with one attached hydrogen (secondary N) is 1. The molecule has 4 heteroatoms. The van der Waals surface area contributed by atoms with Gasteiger partial charge in [-0.05, 0) is 54.5 Å². The number of halogens is 2. The Balaban J connectivity index is 1.60. The summed E-state index contributed by atoms with van der Waals surface area (Å²) < 4.78 is 0. The van der Waals surface area contributed by atoms with Gasteiger partial charge in [0.25, 0.3) is 0 Å². The molecule has 1 N–H and O–H groups in total. The number of rotatable bonds is 4. The minimum Gasteiger partial charge on any atom is -0.349 e. The molecule has 0 radical (unpaired) electrons. The first kappa shape index (κ1) is 16.4. The zero-order chi connectivity index (χ0) is 16.2. The SMILES string of the molecule is O=C(CCc1ccc(Cl)cc1Cl)NC1CCCc2ccccc21. The number of hydrogen-bond acceptors (Lipinski definition) is 1. The topological polar surface area (TPSA) is 29.1 Å². The Bertz CT molecular complexity index is 714. The van der Waals surface area contributed by atoms with E-state index in [0.29, 0.717) is 22.9 Å². The van der Waals surface area contributed by atoms with Crippen LogP contribution in [0.3, 0.4) is 0 Å². The van der Waals surface area contributed by atoms with Crippen molar-refractivity contribution < 1.29 is 4.79 Å². The third-order valence-corrected chi connectivity index (χ3v) is 4.93. The van der Waals surface area contributed by atoms with E-state index >= 15 is 0 Å². The second-order valence-corrected chi connectivity index (χ2v) is 6.79. The fourth-order valence-corrected chi connectivity index (χ4v) is 3.65. The van der Waals surface area contributed by atoms with E-state index in [4.69, 9.17) is 23.2 Å². The molecule has 3 rings (SSSR count). The number of carbonyl (C=O) groups is 1. The van der Waals surface area contributed by atoms with E-state index < -0.39 is 0 Å². The lowest BCUT2D eigenvalue weighted by Gasteiger charge is -2.26. The van der Waals surface area contributed by atoms with Crippen LogP contribution in [0, 0.1) is 0 Å². The highest BCUT2D eigenvalue weighted by Gasteiger charge is 2.21. The molecule has 0 aliphatic heterocycles. The van der Waals surface area contributed by atoms with Crippen LogP contribution in [0.1, 0.15) is 42.0 Å². The highest BCUT2D eigenvalue weighted by Crippen LogP contribution is 2.29. The van der Waals surface area contributed by atoms with Crippen LogP contribution in [0.15, 0.2) is 42.5 Å². The Kier molecular flexibility index (Phi) is 5.24. The van der Waals surface area contributed by atoms with Gasteiger partial charge in [0, 0.05) is 16.5 Å². The van der Waals surface area contributed by atoms with Gasteiger partial charge >= 0.3 is 0 Å². The lowest BCUT2D eigenvalue weighted by Crippen LogP contribution is -2.31. The van der Waals surface area contributed by atoms with Gasteiger partial charge in [-0.2, -0.15) is 0 Å². The van der Waals surface area contributed by atoms with Crippen molar-refractivity contribution in [1.29, 1.82) is 0 Å². The highest BCUT2D eigenvalue weighted by molar-refractivity contribution is 6.35. The molecular formula is C19H19Cl2NO. The molecule has 1 aliphatic carbocycles. The van der Waals surface area contributed by atoms with Crippen molar-refractivity contribution in [2.45, 2.75) is 38.1 Å². The molecule has 0 saturated heterocycles. The molecule has 0 heterocycles. The van der Waals surface area contributed by atoms with E-state index in [2.05, 4.69) is 23.5 Å². The zero-order valence-corrected chi connectivity index (χ0v) is 14.3. The van der Waals surface area contributed by atoms with E-state index in [1.165, 1.54) is 11.1 Å². The first-order valence-corrected chi connectivity index (χ1v) is 8.70. The lowest BCUT2D eigenvalue weighted by atomic mass is 9.87. The molecular weight excluding hydrogens is 329 g/mol. The molecule has 0 bridgehead atoms. The third kappa shape index (κ3) is 4.07. The first-order chi connectivity index (χ1) is 11.1. The van der Waals surface area contributed by atoms with Crippen LogP contribution in [0.5, 0.6) is 0 Å². The molecule has 0 aromatic heterocycles. The van der Waals surface area contributed by atoms with Crippen molar-refractivity contribution in [3.8, 4) is 0 Å². The normalized spacial score (nSPS) is 16.7. The van der Waals surface area contributed by atoms with Crippen molar-refractivity contribution in [2.24, 2.45) is 0 Å². The van der Waals surface area contributed by atoms with Gasteiger partial charge < -0.3 is 5.32 Å². The summed E-state index contributed by atoms with van der Waals surface area (Å²) in [5.41, 5.74) is 3.57. The summed E-state index contributed by atoms with van der Waals surface area (Å²) in [7, 11) is 0. The van der Waals surface area contributed by atoms with Crippen molar-refractivity contribution in [3.05, 3.63) is 69.2 Å². The third-order valence-electron chi connectivity index (χ3n) is 4.34. The van der Waals surface area contributed by atoms with Crippen molar-refractivity contribution in [3.63, 3.8) is 0 Å². The van der Waals surface area contributed by atoms with Crippen molar-refractivity contribution in [2.75, 3.05) is 0 Å². The summed E-state index contributed by atoms with van der Waals surface area (Å²) in [6, 6.07) is 13.9. The van der Waals surface area contributed by atoms with Crippen LogP contribution < -0.4 is 5.32 Å². The Morgan fingerprint density at radius 2 is 2.00 bits per heavy atom. The van der Waals surface area contributed by atoms with Gasteiger partial charge in [-0.1, -0.05) is 53.5 Å². The van der Waals surface area contributed by atoms with E-state index in [1.54, 1.807) is 12.1 Å². The van der Waals surface area contributed by atoms with Crippen LogP contribution in [0.2, 0.25) is 10.0 Å².